The summed E-state index contributed by atoms with van der Waals surface area (Å²) in [4.78, 5) is 22.1. The molecule has 0 fully saturated rings. The number of amides is 1. The highest BCUT2D eigenvalue weighted by Gasteiger charge is 2.14. The first kappa shape index (κ1) is 22.6. The van der Waals surface area contributed by atoms with Gasteiger partial charge in [0, 0.05) is 33.9 Å². The molecule has 1 amide bonds. The number of nitrogens with one attached hydrogen (secondary N) is 3. The lowest BCUT2D eigenvalue weighted by molar-refractivity contribution is 0.0946. The van der Waals surface area contributed by atoms with Gasteiger partial charge < -0.3 is 5.32 Å². The Morgan fingerprint density at radius 1 is 0.970 bits per heavy atom. The van der Waals surface area contributed by atoms with Crippen molar-refractivity contribution < 1.29 is 13.6 Å². The zero-order chi connectivity index (χ0) is 23.2. The lowest BCUT2D eigenvalue weighted by Gasteiger charge is -2.14. The zero-order valence-electron chi connectivity index (χ0n) is 17.0. The number of hydrazine groups is 1. The number of anilines is 1. The molecule has 3 N–H and O–H groups in total. The Labute approximate surface area is 197 Å². The fraction of sp³-hybridized carbons (Fsp3) is 0.0435. The summed E-state index contributed by atoms with van der Waals surface area (Å²) in [5.74, 6) is -2.87. The van der Waals surface area contributed by atoms with Crippen molar-refractivity contribution in [3.63, 3.8) is 0 Å². The maximum absolute atomic E-state index is 13.0. The SMILES string of the molecule is O=C(NNC(=S)Nc1ccc(SC(F)F)cc1)c1cc(-c2ccncc2)nc2ccccc12. The number of benzene rings is 2. The van der Waals surface area contributed by atoms with Crippen LogP contribution in [0.5, 0.6) is 0 Å². The van der Waals surface area contributed by atoms with E-state index in [-0.39, 0.29) is 5.11 Å². The normalized spacial score (nSPS) is 10.8. The van der Waals surface area contributed by atoms with Gasteiger partial charge >= 0.3 is 0 Å². The maximum Gasteiger partial charge on any atom is 0.288 e. The number of rotatable bonds is 5. The van der Waals surface area contributed by atoms with Crippen LogP contribution in [-0.2, 0) is 0 Å². The Hall–Kier alpha value is -3.63. The number of fused-ring (bicyclic) bond motifs is 1. The van der Waals surface area contributed by atoms with Gasteiger partial charge in [0.2, 0.25) is 0 Å². The number of hydrogen-bond donors (Lipinski definition) is 3. The third-order valence-electron chi connectivity index (χ3n) is 4.56. The number of alkyl halides is 2. The van der Waals surface area contributed by atoms with Crippen LogP contribution < -0.4 is 16.2 Å². The van der Waals surface area contributed by atoms with E-state index in [2.05, 4.69) is 26.1 Å². The van der Waals surface area contributed by atoms with E-state index in [0.29, 0.717) is 44.5 Å². The number of halogens is 2. The number of carbonyl (C=O) groups is 1. The summed E-state index contributed by atoms with van der Waals surface area (Å²) < 4.78 is 24.9. The average Bonchev–Trinajstić information content (AvgIpc) is 2.83. The Kier molecular flexibility index (Phi) is 7.06. The van der Waals surface area contributed by atoms with E-state index in [4.69, 9.17) is 12.2 Å². The topological polar surface area (TPSA) is 78.9 Å². The molecule has 33 heavy (non-hydrogen) atoms. The van der Waals surface area contributed by atoms with Crippen molar-refractivity contribution in [2.45, 2.75) is 10.7 Å². The van der Waals surface area contributed by atoms with Crippen molar-refractivity contribution in [1.82, 2.24) is 20.8 Å². The van der Waals surface area contributed by atoms with Crippen LogP contribution in [0.1, 0.15) is 10.4 Å². The third kappa shape index (κ3) is 5.79. The molecule has 4 aromatic rings. The predicted octanol–water partition coefficient (Wildman–Crippen LogP) is 5.24. The molecular formula is C23H17F2N5OS2. The highest BCUT2D eigenvalue weighted by atomic mass is 32.2. The molecule has 0 aliphatic carbocycles. The summed E-state index contributed by atoms with van der Waals surface area (Å²) in [5, 5.41) is 3.73. The lowest BCUT2D eigenvalue weighted by Crippen LogP contribution is -2.43. The van der Waals surface area contributed by atoms with Crippen LogP contribution in [0, 0.1) is 0 Å². The van der Waals surface area contributed by atoms with Crippen molar-refractivity contribution in [3.05, 3.63) is 84.7 Å². The zero-order valence-corrected chi connectivity index (χ0v) is 18.6. The molecular weight excluding hydrogens is 464 g/mol. The van der Waals surface area contributed by atoms with Crippen molar-refractivity contribution in [1.29, 1.82) is 0 Å². The maximum atomic E-state index is 13.0. The molecule has 6 nitrogen and oxygen atoms in total. The molecule has 0 saturated heterocycles. The van der Waals surface area contributed by atoms with E-state index in [1.807, 2.05) is 36.4 Å². The number of thioether (sulfide) groups is 1. The number of pyridine rings is 2. The van der Waals surface area contributed by atoms with Gasteiger partial charge in [-0.3, -0.25) is 20.6 Å². The van der Waals surface area contributed by atoms with Gasteiger partial charge in [-0.25, -0.2) is 4.98 Å². The second kappa shape index (κ2) is 10.3. The quantitative estimate of drug-likeness (QED) is 0.204. The molecule has 166 valence electrons. The number of nitrogens with zero attached hydrogens (tertiary/aromatic N) is 2. The van der Waals surface area contributed by atoms with Crippen LogP contribution in [0.25, 0.3) is 22.2 Å². The summed E-state index contributed by atoms with van der Waals surface area (Å²) in [6.45, 7) is 0. The van der Waals surface area contributed by atoms with E-state index in [1.54, 1.807) is 42.7 Å². The van der Waals surface area contributed by atoms with E-state index in [9.17, 15) is 13.6 Å². The van der Waals surface area contributed by atoms with Gasteiger partial charge in [0.05, 0.1) is 16.8 Å². The summed E-state index contributed by atoms with van der Waals surface area (Å²) in [6, 6.07) is 19.1. The van der Waals surface area contributed by atoms with Crippen LogP contribution in [0.3, 0.4) is 0 Å². The van der Waals surface area contributed by atoms with Gasteiger partial charge in [-0.1, -0.05) is 30.0 Å². The molecule has 0 radical (unpaired) electrons. The van der Waals surface area contributed by atoms with E-state index < -0.39 is 11.7 Å². The molecule has 0 unspecified atom stereocenters. The molecule has 0 saturated carbocycles. The smallest absolute Gasteiger partial charge is 0.288 e. The highest BCUT2D eigenvalue weighted by molar-refractivity contribution is 7.99. The highest BCUT2D eigenvalue weighted by Crippen LogP contribution is 2.26. The van der Waals surface area contributed by atoms with Crippen molar-refractivity contribution in [2.24, 2.45) is 0 Å². The average molecular weight is 482 g/mol. The first-order valence-electron chi connectivity index (χ1n) is 9.72. The second-order valence-electron chi connectivity index (χ2n) is 6.74. The molecule has 2 heterocycles. The minimum absolute atomic E-state index is 0.144. The van der Waals surface area contributed by atoms with Gasteiger partial charge in [0.15, 0.2) is 5.11 Å². The van der Waals surface area contributed by atoms with E-state index in [1.165, 1.54) is 0 Å². The number of aromatic nitrogens is 2. The Balaban J connectivity index is 1.47. The van der Waals surface area contributed by atoms with Crippen molar-refractivity contribution >= 4 is 51.6 Å². The Morgan fingerprint density at radius 3 is 2.42 bits per heavy atom. The predicted molar refractivity (Wildman–Crippen MR) is 130 cm³/mol. The van der Waals surface area contributed by atoms with Gasteiger partial charge in [0.25, 0.3) is 11.7 Å². The summed E-state index contributed by atoms with van der Waals surface area (Å²) in [7, 11) is 0. The molecule has 10 heteroatoms. The lowest BCUT2D eigenvalue weighted by atomic mass is 10.0. The molecule has 2 aromatic carbocycles. The van der Waals surface area contributed by atoms with Crippen LogP contribution in [-0.4, -0.2) is 26.7 Å². The minimum Gasteiger partial charge on any atom is -0.331 e. The first-order chi connectivity index (χ1) is 16.0. The Bertz CT molecular complexity index is 1290. The summed E-state index contributed by atoms with van der Waals surface area (Å²) in [6.07, 6.45) is 3.33. The Morgan fingerprint density at radius 2 is 1.70 bits per heavy atom. The largest absolute Gasteiger partial charge is 0.331 e. The van der Waals surface area contributed by atoms with Crippen LogP contribution >= 0.6 is 24.0 Å². The molecule has 4 rings (SSSR count). The monoisotopic (exact) mass is 481 g/mol. The first-order valence-corrected chi connectivity index (χ1v) is 11.0. The number of hydrogen-bond acceptors (Lipinski definition) is 5. The minimum atomic E-state index is -2.48. The van der Waals surface area contributed by atoms with Crippen LogP contribution in [0.15, 0.2) is 84.0 Å². The molecule has 2 aromatic heterocycles. The van der Waals surface area contributed by atoms with E-state index in [0.717, 1.165) is 5.56 Å². The molecule has 0 bridgehead atoms. The van der Waals surface area contributed by atoms with Gasteiger partial charge in [-0.15, -0.1) is 0 Å². The van der Waals surface area contributed by atoms with E-state index >= 15 is 0 Å². The number of thiocarbonyl (C=S) groups is 1. The number of para-hydroxylation sites is 1. The molecule has 0 atom stereocenters. The van der Waals surface area contributed by atoms with Crippen LogP contribution in [0.4, 0.5) is 14.5 Å². The molecule has 0 aliphatic heterocycles. The van der Waals surface area contributed by atoms with Gasteiger partial charge in [-0.05, 0) is 60.7 Å². The fourth-order valence-corrected chi connectivity index (χ4v) is 3.76. The standard InChI is InChI=1S/C23H17F2N5OS2/c24-22(25)33-16-7-5-15(6-8-16)27-23(32)30-29-21(31)18-13-20(14-9-11-26-12-10-14)28-19-4-2-1-3-17(18)19/h1-13,22H,(H,29,31)(H2,27,30,32). The van der Waals surface area contributed by atoms with Crippen molar-refractivity contribution in [3.8, 4) is 11.3 Å². The molecule has 0 aliphatic rings. The second-order valence-corrected chi connectivity index (χ2v) is 8.22. The third-order valence-corrected chi connectivity index (χ3v) is 5.49. The fourth-order valence-electron chi connectivity index (χ4n) is 3.10. The number of carbonyl (C=O) groups excluding carboxylic acids is 1. The summed E-state index contributed by atoms with van der Waals surface area (Å²) in [5.41, 5.74) is 8.43. The van der Waals surface area contributed by atoms with Gasteiger partial charge in [0.1, 0.15) is 0 Å². The molecule has 0 spiro atoms. The van der Waals surface area contributed by atoms with Crippen molar-refractivity contribution in [2.75, 3.05) is 5.32 Å². The van der Waals surface area contributed by atoms with Gasteiger partial charge in [-0.2, -0.15) is 8.78 Å². The van der Waals surface area contributed by atoms with Crippen LogP contribution in [0.2, 0.25) is 0 Å². The summed E-state index contributed by atoms with van der Waals surface area (Å²) >= 11 is 5.69.